The summed E-state index contributed by atoms with van der Waals surface area (Å²) < 4.78 is 5.28. The van der Waals surface area contributed by atoms with Gasteiger partial charge in [0.05, 0.1) is 5.76 Å². The predicted molar refractivity (Wildman–Crippen MR) is 38.9 cm³/mol. The molecule has 0 atom stereocenters. The van der Waals surface area contributed by atoms with Gasteiger partial charge in [0.2, 0.25) is 0 Å². The van der Waals surface area contributed by atoms with Crippen molar-refractivity contribution in [2.75, 3.05) is 0 Å². The van der Waals surface area contributed by atoms with E-state index in [0.717, 1.165) is 6.42 Å². The van der Waals surface area contributed by atoms with Crippen molar-refractivity contribution in [1.82, 2.24) is 0 Å². The third-order valence-electron chi connectivity index (χ3n) is 0.786. The first-order chi connectivity index (χ1) is 3.95. The van der Waals surface area contributed by atoms with Crippen LogP contribution in [0.25, 0.3) is 0 Å². The summed E-state index contributed by atoms with van der Waals surface area (Å²) in [5.74, 6) is 0.613. The molecule has 9 heavy (non-hydrogen) atoms. The molecule has 0 heterocycles. The second-order valence-electron chi connectivity index (χ2n) is 3.03. The molecule has 0 saturated heterocycles. The Labute approximate surface area is 57.7 Å². The van der Waals surface area contributed by atoms with E-state index in [1.54, 1.807) is 0 Å². The molecule has 0 aliphatic carbocycles. The van der Waals surface area contributed by atoms with E-state index in [4.69, 9.17) is 11.3 Å². The van der Waals surface area contributed by atoms with Gasteiger partial charge in [-0.25, -0.2) is 0 Å². The second kappa shape index (κ2) is 2.90. The molecule has 0 aromatic heterocycles. The van der Waals surface area contributed by atoms with E-state index in [9.17, 15) is 0 Å². The number of allylic oxidation sites excluding steroid dienone is 1. The average Bonchev–Trinajstić information content (AvgIpc) is 1.62. The van der Waals surface area contributed by atoms with Gasteiger partial charge in [-0.2, -0.15) is 0 Å². The Morgan fingerprint density at radius 3 is 2.00 bits per heavy atom. The zero-order valence-electron chi connectivity index (χ0n) is 6.69. The highest BCUT2D eigenvalue weighted by Crippen LogP contribution is 2.13. The van der Waals surface area contributed by atoms with Crippen LogP contribution in [0.3, 0.4) is 0 Å². The summed E-state index contributed by atoms with van der Waals surface area (Å²) >= 11 is 0. The number of rotatable bonds is 2. The molecule has 0 unspecified atom stereocenters. The monoisotopic (exact) mass is 127 g/mol. The van der Waals surface area contributed by atoms with Gasteiger partial charge in [0.15, 0.2) is 0 Å². The van der Waals surface area contributed by atoms with Crippen molar-refractivity contribution in [1.29, 1.82) is 0 Å². The Kier molecular flexibility index (Phi) is 2.75. The van der Waals surface area contributed by atoms with Crippen LogP contribution >= 0.6 is 0 Å². The van der Waals surface area contributed by atoms with Gasteiger partial charge in [-0.1, -0.05) is 6.92 Å². The van der Waals surface area contributed by atoms with Crippen LogP contribution < -0.4 is 0 Å². The Hall–Kier alpha value is -0.460. The van der Waals surface area contributed by atoms with Crippen molar-refractivity contribution in [3.63, 3.8) is 0 Å². The molecule has 0 amide bonds. The lowest BCUT2D eigenvalue weighted by atomic mass is 10.2. The number of hydrogen-bond acceptors (Lipinski definition) is 1. The lowest BCUT2D eigenvalue weighted by molar-refractivity contribution is 0.0482. The van der Waals surface area contributed by atoms with Gasteiger partial charge in [0.1, 0.15) is 5.60 Å². The molecule has 0 bridgehead atoms. The van der Waals surface area contributed by atoms with Crippen molar-refractivity contribution in [3.8, 4) is 0 Å². The first kappa shape index (κ1) is 8.54. The summed E-state index contributed by atoms with van der Waals surface area (Å²) in [7, 11) is 0. The minimum Gasteiger partial charge on any atom is -0.493 e. The Morgan fingerprint density at radius 1 is 1.44 bits per heavy atom. The van der Waals surface area contributed by atoms with Crippen molar-refractivity contribution in [3.05, 3.63) is 12.3 Å². The van der Waals surface area contributed by atoms with Crippen LogP contribution in [-0.2, 0) is 4.74 Å². The summed E-state index contributed by atoms with van der Waals surface area (Å²) in [5, 5.41) is 0. The molecule has 0 N–H and O–H groups in total. The quantitative estimate of drug-likeness (QED) is 0.518. The van der Waals surface area contributed by atoms with E-state index in [-0.39, 0.29) is 5.60 Å². The summed E-state index contributed by atoms with van der Waals surface area (Å²) in [4.78, 5) is 0. The smallest absolute Gasteiger partial charge is 0.100 e. The molecule has 1 heteroatoms. The molecular weight excluding hydrogens is 112 g/mol. The van der Waals surface area contributed by atoms with Crippen LogP contribution in [-0.4, -0.2) is 5.60 Å². The van der Waals surface area contributed by atoms with E-state index in [1.807, 2.05) is 27.7 Å². The third kappa shape index (κ3) is 5.41. The van der Waals surface area contributed by atoms with Crippen molar-refractivity contribution in [2.24, 2.45) is 0 Å². The molecule has 0 saturated carbocycles. The predicted octanol–water partition coefficient (Wildman–Crippen LogP) is 2.53. The molecule has 1 radical (unpaired) electrons. The lowest BCUT2D eigenvalue weighted by Gasteiger charge is -2.21. The second-order valence-corrected chi connectivity index (χ2v) is 3.03. The molecule has 0 aliphatic heterocycles. The maximum absolute atomic E-state index is 5.45. The molecule has 53 valence electrons. The fraction of sp³-hybridized carbons (Fsp3) is 0.750. The maximum Gasteiger partial charge on any atom is 0.100 e. The van der Waals surface area contributed by atoms with Gasteiger partial charge in [-0.05, 0) is 27.4 Å². The molecule has 0 rings (SSSR count). The summed E-state index contributed by atoms with van der Waals surface area (Å²) in [6, 6.07) is 0. The molecule has 0 fully saturated rings. The molecule has 0 aliphatic rings. The molecule has 0 aromatic carbocycles. The van der Waals surface area contributed by atoms with E-state index >= 15 is 0 Å². The summed E-state index contributed by atoms with van der Waals surface area (Å²) in [6.07, 6.45) is 0.789. The standard InChI is InChI=1S/C8H15O/c1-6-7(2)9-8(3,4)5/h2H,6H2,1,3-5H3. The fourth-order valence-electron chi connectivity index (χ4n) is 0.465. The zero-order chi connectivity index (χ0) is 7.49. The highest BCUT2D eigenvalue weighted by Gasteiger charge is 2.10. The Balaban J connectivity index is 3.60. The zero-order valence-corrected chi connectivity index (χ0v) is 6.69. The lowest BCUT2D eigenvalue weighted by Crippen LogP contribution is -2.17. The van der Waals surface area contributed by atoms with Crippen LogP contribution in [0.2, 0.25) is 0 Å². The van der Waals surface area contributed by atoms with Crippen LogP contribution in [0.15, 0.2) is 5.76 Å². The van der Waals surface area contributed by atoms with Crippen molar-refractivity contribution in [2.45, 2.75) is 39.7 Å². The van der Waals surface area contributed by atoms with Crippen molar-refractivity contribution >= 4 is 0 Å². The van der Waals surface area contributed by atoms with Gasteiger partial charge in [-0.15, -0.1) is 0 Å². The molecule has 0 spiro atoms. The Bertz CT molecular complexity index is 97.6. The van der Waals surface area contributed by atoms with E-state index in [1.165, 1.54) is 0 Å². The van der Waals surface area contributed by atoms with E-state index in [2.05, 4.69) is 0 Å². The van der Waals surface area contributed by atoms with Crippen molar-refractivity contribution < 1.29 is 4.74 Å². The highest BCUT2D eigenvalue weighted by molar-refractivity contribution is 4.80. The van der Waals surface area contributed by atoms with Crippen LogP contribution in [0.1, 0.15) is 34.1 Å². The number of hydrogen-bond donors (Lipinski definition) is 0. The minimum atomic E-state index is -0.139. The molecule has 1 nitrogen and oxygen atoms in total. The maximum atomic E-state index is 5.45. The van der Waals surface area contributed by atoms with Gasteiger partial charge < -0.3 is 4.74 Å². The average molecular weight is 127 g/mol. The summed E-state index contributed by atoms with van der Waals surface area (Å²) in [5.41, 5.74) is -0.139. The van der Waals surface area contributed by atoms with E-state index in [0.29, 0.717) is 5.76 Å². The van der Waals surface area contributed by atoms with Crippen LogP contribution in [0.4, 0.5) is 0 Å². The van der Waals surface area contributed by atoms with Crippen LogP contribution in [0, 0.1) is 6.58 Å². The molecular formula is C8H15O. The highest BCUT2D eigenvalue weighted by atomic mass is 16.5. The largest absolute Gasteiger partial charge is 0.493 e. The first-order valence-electron chi connectivity index (χ1n) is 3.26. The van der Waals surface area contributed by atoms with Crippen LogP contribution in [0.5, 0.6) is 0 Å². The Morgan fingerprint density at radius 2 is 1.89 bits per heavy atom. The van der Waals surface area contributed by atoms with Gasteiger partial charge in [0, 0.05) is 6.42 Å². The van der Waals surface area contributed by atoms with Gasteiger partial charge in [0.25, 0.3) is 0 Å². The van der Waals surface area contributed by atoms with E-state index < -0.39 is 0 Å². The first-order valence-corrected chi connectivity index (χ1v) is 3.26. The number of ether oxygens (including phenoxy) is 1. The minimum absolute atomic E-state index is 0.139. The van der Waals surface area contributed by atoms with Gasteiger partial charge in [-0.3, -0.25) is 0 Å². The summed E-state index contributed by atoms with van der Waals surface area (Å²) in [6.45, 7) is 13.4. The SMILES string of the molecule is [CH]=C(CC)OC(C)(C)C. The topological polar surface area (TPSA) is 9.23 Å². The van der Waals surface area contributed by atoms with Gasteiger partial charge >= 0.3 is 0 Å². The fourth-order valence-corrected chi connectivity index (χ4v) is 0.465. The normalized spacial score (nSPS) is 11.1. The molecule has 0 aromatic rings. The third-order valence-corrected chi connectivity index (χ3v) is 0.786.